The van der Waals surface area contributed by atoms with Gasteiger partial charge in [-0.25, -0.2) is 0 Å². The van der Waals surface area contributed by atoms with Crippen LogP contribution in [0.25, 0.3) is 22.6 Å². The van der Waals surface area contributed by atoms with Crippen molar-refractivity contribution < 1.29 is 60.9 Å². The number of benzene rings is 1. The van der Waals surface area contributed by atoms with Crippen LogP contribution >= 0.6 is 0 Å². The molecule has 0 saturated carbocycles. The van der Waals surface area contributed by atoms with Crippen LogP contribution in [0, 0.1) is 17.7 Å². The third kappa shape index (κ3) is 5.97. The number of hydrogen-bond acceptors (Lipinski definition) is 4. The predicted octanol–water partition coefficient (Wildman–Crippen LogP) is 6.61. The van der Waals surface area contributed by atoms with Gasteiger partial charge in [-0.3, -0.25) is 13.8 Å². The smallest absolute Gasteiger partial charge is 0.573 e. The molecule has 0 aliphatic rings. The summed E-state index contributed by atoms with van der Waals surface area (Å²) in [5, 5.41) is 6.69. The van der Waals surface area contributed by atoms with Gasteiger partial charge in [0.25, 0.3) is 0 Å². The molecule has 0 spiro atoms. The summed E-state index contributed by atoms with van der Waals surface area (Å²) in [4.78, 5) is 8.68. The maximum absolute atomic E-state index is 14.7. The van der Waals surface area contributed by atoms with E-state index in [0.717, 1.165) is 6.07 Å². The number of methoxy groups -OCH3 is 1. The van der Waals surface area contributed by atoms with Crippen molar-refractivity contribution in [3.05, 3.63) is 82.8 Å². The van der Waals surface area contributed by atoms with Crippen molar-refractivity contribution in [3.63, 3.8) is 0 Å². The first-order valence-electron chi connectivity index (χ1n) is 10.7. The largest absolute Gasteiger partial charge is 2.00 e. The Kier molecular flexibility index (Phi) is 8.26. The average molecular weight is 735 g/mol. The van der Waals surface area contributed by atoms with Crippen LogP contribution in [0.2, 0.25) is 0 Å². The molecule has 0 amide bonds. The molecule has 39 heavy (non-hydrogen) atoms. The van der Waals surface area contributed by atoms with E-state index in [2.05, 4.69) is 26.2 Å². The van der Waals surface area contributed by atoms with Gasteiger partial charge in [-0.05, 0) is 31.7 Å². The Balaban J connectivity index is 0.00000420. The summed E-state index contributed by atoms with van der Waals surface area (Å²) < 4.78 is 112. The zero-order valence-electron chi connectivity index (χ0n) is 20.1. The summed E-state index contributed by atoms with van der Waals surface area (Å²) in [5.41, 5.74) is -5.05. The Hall–Kier alpha value is -3.34. The van der Waals surface area contributed by atoms with Gasteiger partial charge in [0.05, 0.1) is 30.1 Å². The fourth-order valence-electron chi connectivity index (χ4n) is 3.63. The standard InChI is InChI=1S/C25H16F8N4O.Pt/c1-23(2,19-10-12(38-3)9-16(35-19)17-11-20(37-36-17)24(28,29)30)18-6-4-5-15(34-18)13-7-8-14(26)21(22(13)27)25(31,32)33;/h4-6,8-11H,1-3H3;/q-2;+2. The number of rotatable bonds is 5. The van der Waals surface area contributed by atoms with Crippen LogP contribution in [-0.4, -0.2) is 22.2 Å². The van der Waals surface area contributed by atoms with E-state index in [0.29, 0.717) is 6.07 Å². The summed E-state index contributed by atoms with van der Waals surface area (Å²) >= 11 is 0. The maximum atomic E-state index is 14.7. The van der Waals surface area contributed by atoms with Crippen molar-refractivity contribution in [1.82, 2.24) is 20.2 Å². The van der Waals surface area contributed by atoms with Crippen LogP contribution in [0.3, 0.4) is 0 Å². The molecule has 0 radical (unpaired) electrons. The van der Waals surface area contributed by atoms with Gasteiger partial charge in [-0.1, -0.05) is 23.4 Å². The summed E-state index contributed by atoms with van der Waals surface area (Å²) in [6.07, 6.45) is -10.00. The zero-order chi connectivity index (χ0) is 28.0. The first-order valence-corrected chi connectivity index (χ1v) is 10.7. The molecule has 4 aromatic rings. The maximum Gasteiger partial charge on any atom is 2.00 e. The summed E-state index contributed by atoms with van der Waals surface area (Å²) in [6.45, 7) is 3.27. The van der Waals surface area contributed by atoms with Crippen molar-refractivity contribution in [2.24, 2.45) is 0 Å². The minimum Gasteiger partial charge on any atom is -0.573 e. The Morgan fingerprint density at radius 3 is 2.10 bits per heavy atom. The van der Waals surface area contributed by atoms with Crippen molar-refractivity contribution in [2.75, 3.05) is 7.11 Å². The number of pyridine rings is 2. The molecule has 1 aromatic carbocycles. The van der Waals surface area contributed by atoms with Gasteiger partial charge < -0.3 is 19.9 Å². The SMILES string of the molecule is COc1cc(-c2cc(C(F)(F)F)n[n-]2)nc(C(C)(C)c2cccc(-c3[c-]cc(F)c(C(F)(F)F)c3F)n2)c1.[Pt+2]. The van der Waals surface area contributed by atoms with E-state index in [1.807, 2.05) is 0 Å². The molecule has 0 aliphatic heterocycles. The van der Waals surface area contributed by atoms with Gasteiger partial charge in [-0.15, -0.1) is 12.1 Å². The van der Waals surface area contributed by atoms with E-state index in [-0.39, 0.29) is 55.3 Å². The molecule has 208 valence electrons. The molecule has 14 heteroatoms. The van der Waals surface area contributed by atoms with Crippen molar-refractivity contribution >= 4 is 0 Å². The second-order valence-corrected chi connectivity index (χ2v) is 8.62. The average Bonchev–Trinajstić information content (AvgIpc) is 3.34. The van der Waals surface area contributed by atoms with E-state index < -0.39 is 46.2 Å². The topological polar surface area (TPSA) is 62.0 Å². The monoisotopic (exact) mass is 735 g/mol. The quantitative estimate of drug-likeness (QED) is 0.171. The number of halogens is 8. The summed E-state index contributed by atoms with van der Waals surface area (Å²) in [7, 11) is 1.33. The first kappa shape index (κ1) is 30.2. The molecular weight excluding hydrogens is 719 g/mol. The van der Waals surface area contributed by atoms with E-state index >= 15 is 0 Å². The Morgan fingerprint density at radius 1 is 0.846 bits per heavy atom. The molecule has 0 fully saturated rings. The van der Waals surface area contributed by atoms with Crippen LogP contribution in [0.5, 0.6) is 5.75 Å². The fraction of sp³-hybridized carbons (Fsp3) is 0.240. The fourth-order valence-corrected chi connectivity index (χ4v) is 3.63. The minimum atomic E-state index is -5.29. The number of hydrogen-bond donors (Lipinski definition) is 0. The van der Waals surface area contributed by atoms with E-state index in [9.17, 15) is 35.1 Å². The van der Waals surface area contributed by atoms with E-state index in [4.69, 9.17) is 4.74 Å². The molecule has 0 bridgehead atoms. The van der Waals surface area contributed by atoms with Crippen LogP contribution in [0.1, 0.15) is 36.5 Å². The van der Waals surface area contributed by atoms with Gasteiger partial charge in [0.15, 0.2) is 0 Å². The van der Waals surface area contributed by atoms with E-state index in [1.165, 1.54) is 37.4 Å². The Bertz CT molecular complexity index is 1500. The van der Waals surface area contributed by atoms with Crippen molar-refractivity contribution in [3.8, 4) is 28.4 Å². The number of ether oxygens (including phenoxy) is 1. The molecule has 0 unspecified atom stereocenters. The zero-order valence-corrected chi connectivity index (χ0v) is 22.4. The second kappa shape index (κ2) is 10.7. The molecule has 0 saturated heterocycles. The van der Waals surface area contributed by atoms with Crippen molar-refractivity contribution in [1.29, 1.82) is 0 Å². The molecule has 4 rings (SSSR count). The van der Waals surface area contributed by atoms with E-state index in [1.54, 1.807) is 13.8 Å². The number of aromatic nitrogens is 4. The van der Waals surface area contributed by atoms with Gasteiger partial charge in [0.1, 0.15) is 11.4 Å². The van der Waals surface area contributed by atoms with Crippen LogP contribution in [-0.2, 0) is 38.8 Å². The molecule has 3 aromatic heterocycles. The second-order valence-electron chi connectivity index (χ2n) is 8.62. The van der Waals surface area contributed by atoms with Crippen molar-refractivity contribution in [2.45, 2.75) is 31.6 Å². The van der Waals surface area contributed by atoms with Crippen LogP contribution < -0.4 is 9.84 Å². The molecule has 0 atom stereocenters. The number of alkyl halides is 6. The molecule has 5 nitrogen and oxygen atoms in total. The normalized spacial score (nSPS) is 12.3. The van der Waals surface area contributed by atoms with Gasteiger partial charge >= 0.3 is 33.4 Å². The molecule has 0 aliphatic carbocycles. The van der Waals surface area contributed by atoms with Crippen LogP contribution in [0.4, 0.5) is 35.1 Å². The van der Waals surface area contributed by atoms with Gasteiger partial charge in [0, 0.05) is 28.8 Å². The Labute approximate surface area is 230 Å². The Morgan fingerprint density at radius 2 is 1.51 bits per heavy atom. The molecule has 3 heterocycles. The minimum absolute atomic E-state index is 0. The summed E-state index contributed by atoms with van der Waals surface area (Å²) in [5.74, 6) is -3.46. The molecule has 0 N–H and O–H groups in total. The van der Waals surface area contributed by atoms with Crippen LogP contribution in [0.15, 0.2) is 42.5 Å². The predicted molar refractivity (Wildman–Crippen MR) is 118 cm³/mol. The van der Waals surface area contributed by atoms with Gasteiger partial charge in [-0.2, -0.15) is 26.3 Å². The molecular formula is C25H16F8N4OPt. The van der Waals surface area contributed by atoms with Gasteiger partial charge in [0.2, 0.25) is 0 Å². The number of nitrogens with zero attached hydrogens (tertiary/aromatic N) is 4. The summed E-state index contributed by atoms with van der Waals surface area (Å²) in [6, 6.07) is 10.3. The third-order valence-electron chi connectivity index (χ3n) is 5.72. The third-order valence-corrected chi connectivity index (χ3v) is 5.72. The first-order chi connectivity index (χ1) is 17.6.